The number of carbonyl (C=O) groups excluding carboxylic acids is 1. The van der Waals surface area contributed by atoms with Crippen LogP contribution in [0.5, 0.6) is 0 Å². The van der Waals surface area contributed by atoms with Gasteiger partial charge in [-0.05, 0) is 38.3 Å². The molecule has 6 bridgehead atoms. The van der Waals surface area contributed by atoms with Crippen LogP contribution in [-0.4, -0.2) is 26.9 Å². The normalized spacial score (nSPS) is 20.9. The molecule has 0 saturated heterocycles. The second-order valence-electron chi connectivity index (χ2n) is 7.95. The van der Waals surface area contributed by atoms with Crippen LogP contribution in [-0.2, 0) is 0 Å². The number of aromatic nitrogens is 3. The minimum atomic E-state index is -0.408. The SMILES string of the molecule is Cc1nc2cccc3c2nc1NC1CC(=CCC(C)c2[nH]c-3cc2C(N)=O)C1. The maximum Gasteiger partial charge on any atom is 0.250 e. The lowest BCUT2D eigenvalue weighted by Crippen LogP contribution is -2.30. The Morgan fingerprint density at radius 3 is 2.86 bits per heavy atom. The molecule has 0 radical (unpaired) electrons. The first-order valence-corrected chi connectivity index (χ1v) is 9.74. The van der Waals surface area contributed by atoms with Gasteiger partial charge in [0.2, 0.25) is 0 Å². The lowest BCUT2D eigenvalue weighted by molar-refractivity contribution is 0.0999. The Labute approximate surface area is 163 Å². The van der Waals surface area contributed by atoms with E-state index in [-0.39, 0.29) is 5.92 Å². The Balaban J connectivity index is 1.77. The molecule has 6 heteroatoms. The number of fused-ring (bicyclic) bond motifs is 2. The monoisotopic (exact) mass is 373 g/mol. The molecule has 2 aromatic heterocycles. The van der Waals surface area contributed by atoms with Gasteiger partial charge in [-0.1, -0.05) is 30.7 Å². The van der Waals surface area contributed by atoms with Crippen molar-refractivity contribution in [3.05, 3.63) is 52.9 Å². The number of H-pyrrole nitrogens is 1. The Morgan fingerprint density at radius 2 is 2.07 bits per heavy atom. The fourth-order valence-electron chi connectivity index (χ4n) is 4.22. The van der Waals surface area contributed by atoms with E-state index in [4.69, 9.17) is 15.7 Å². The second kappa shape index (κ2) is 6.19. The first-order valence-electron chi connectivity index (χ1n) is 9.74. The Bertz CT molecular complexity index is 1140. The number of aromatic amines is 1. The molecule has 1 atom stereocenters. The summed E-state index contributed by atoms with van der Waals surface area (Å²) in [7, 11) is 0. The maximum atomic E-state index is 12.1. The highest BCUT2D eigenvalue weighted by molar-refractivity contribution is 5.98. The van der Waals surface area contributed by atoms with Crippen molar-refractivity contribution in [3.63, 3.8) is 0 Å². The zero-order valence-corrected chi connectivity index (χ0v) is 16.0. The quantitative estimate of drug-likeness (QED) is 0.561. The largest absolute Gasteiger partial charge is 0.366 e. The van der Waals surface area contributed by atoms with Crippen LogP contribution < -0.4 is 11.1 Å². The number of nitrogens with zero attached hydrogens (tertiary/aromatic N) is 2. The van der Waals surface area contributed by atoms with Crippen LogP contribution in [0.1, 0.15) is 53.8 Å². The first kappa shape index (κ1) is 17.0. The molecule has 2 aliphatic heterocycles. The number of anilines is 1. The van der Waals surface area contributed by atoms with Crippen LogP contribution in [0.15, 0.2) is 35.9 Å². The number of nitrogens with two attached hydrogens (primary N) is 1. The van der Waals surface area contributed by atoms with Gasteiger partial charge < -0.3 is 16.0 Å². The van der Waals surface area contributed by atoms with Gasteiger partial charge in [-0.3, -0.25) is 4.79 Å². The number of aryl methyl sites for hydroxylation is 1. The molecule has 3 aliphatic rings. The predicted molar refractivity (Wildman–Crippen MR) is 110 cm³/mol. The zero-order valence-electron chi connectivity index (χ0n) is 16.0. The van der Waals surface area contributed by atoms with E-state index in [1.165, 1.54) is 5.57 Å². The fraction of sp³-hybridized carbons (Fsp3) is 0.318. The molecule has 28 heavy (non-hydrogen) atoms. The van der Waals surface area contributed by atoms with Gasteiger partial charge in [-0.15, -0.1) is 0 Å². The summed E-state index contributed by atoms with van der Waals surface area (Å²) in [6.45, 7) is 4.11. The van der Waals surface area contributed by atoms with Crippen LogP contribution in [0.3, 0.4) is 0 Å². The van der Waals surface area contributed by atoms with Gasteiger partial charge in [-0.25, -0.2) is 9.97 Å². The van der Waals surface area contributed by atoms with Gasteiger partial charge >= 0.3 is 0 Å². The smallest absolute Gasteiger partial charge is 0.250 e. The topological polar surface area (TPSA) is 96.7 Å². The number of benzene rings is 1. The third-order valence-corrected chi connectivity index (χ3v) is 5.88. The summed E-state index contributed by atoms with van der Waals surface area (Å²) in [5, 5.41) is 3.56. The van der Waals surface area contributed by atoms with Gasteiger partial charge in [0.1, 0.15) is 11.3 Å². The standard InChI is InChI=1S/C22H23N5O/c1-11-6-7-13-8-14(9-13)25-22-12(2)24-17-5-3-4-15(20(17)27-22)18-10-16(21(23)28)19(11)26-18/h3-5,7,10-11,14,26H,6,8-9H2,1-2H3,(H2,23,28)(H,25,27). The molecule has 1 amide bonds. The summed E-state index contributed by atoms with van der Waals surface area (Å²) in [6.07, 6.45) is 5.23. The highest BCUT2D eigenvalue weighted by atomic mass is 16.1. The van der Waals surface area contributed by atoms with E-state index < -0.39 is 5.91 Å². The van der Waals surface area contributed by atoms with Crippen LogP contribution >= 0.6 is 0 Å². The van der Waals surface area contributed by atoms with Gasteiger partial charge in [0.15, 0.2) is 0 Å². The summed E-state index contributed by atoms with van der Waals surface area (Å²) >= 11 is 0. The average Bonchev–Trinajstić information content (AvgIpc) is 3.08. The van der Waals surface area contributed by atoms with E-state index in [1.807, 2.05) is 31.2 Å². The Morgan fingerprint density at radius 1 is 1.25 bits per heavy atom. The van der Waals surface area contributed by atoms with E-state index in [0.29, 0.717) is 11.6 Å². The number of hydrogen-bond acceptors (Lipinski definition) is 4. The van der Waals surface area contributed by atoms with Gasteiger partial charge in [-0.2, -0.15) is 0 Å². The number of para-hydroxylation sites is 1. The first-order chi connectivity index (χ1) is 13.5. The minimum Gasteiger partial charge on any atom is -0.366 e. The minimum absolute atomic E-state index is 0.178. The molecule has 1 saturated carbocycles. The van der Waals surface area contributed by atoms with E-state index in [0.717, 1.165) is 58.8 Å². The number of primary amides is 1. The van der Waals surface area contributed by atoms with Crippen molar-refractivity contribution in [2.75, 3.05) is 5.32 Å². The van der Waals surface area contributed by atoms with E-state index >= 15 is 0 Å². The molecule has 0 spiro atoms. The average molecular weight is 373 g/mol. The third-order valence-electron chi connectivity index (χ3n) is 5.88. The van der Waals surface area contributed by atoms with Gasteiger partial charge in [0.25, 0.3) is 5.91 Å². The van der Waals surface area contributed by atoms with Crippen molar-refractivity contribution < 1.29 is 4.79 Å². The number of carbonyl (C=O) groups is 1. The predicted octanol–water partition coefficient (Wildman–Crippen LogP) is 4.04. The molecule has 3 aromatic rings. The molecule has 142 valence electrons. The number of allylic oxidation sites excluding steroid dienone is 1. The van der Waals surface area contributed by atoms with Crippen molar-refractivity contribution in [1.82, 2.24) is 15.0 Å². The second-order valence-corrected chi connectivity index (χ2v) is 7.95. The summed E-state index contributed by atoms with van der Waals surface area (Å²) in [5.74, 6) is 0.600. The number of nitrogens with one attached hydrogen (secondary N) is 2. The van der Waals surface area contributed by atoms with Gasteiger partial charge in [0.05, 0.1) is 16.8 Å². The molecule has 6 rings (SSSR count). The Hall–Kier alpha value is -3.15. The third kappa shape index (κ3) is 2.68. The van der Waals surface area contributed by atoms with Crippen LogP contribution in [0, 0.1) is 6.92 Å². The van der Waals surface area contributed by atoms with E-state index in [2.05, 4.69) is 23.3 Å². The lowest BCUT2D eigenvalue weighted by atomic mass is 9.84. The lowest BCUT2D eigenvalue weighted by Gasteiger charge is -2.31. The molecule has 4 N–H and O–H groups in total. The summed E-state index contributed by atoms with van der Waals surface area (Å²) in [5.41, 5.74) is 12.9. The van der Waals surface area contributed by atoms with Crippen molar-refractivity contribution in [3.8, 4) is 11.3 Å². The molecule has 1 aromatic carbocycles. The van der Waals surface area contributed by atoms with E-state index in [9.17, 15) is 4.79 Å². The number of rotatable bonds is 1. The van der Waals surface area contributed by atoms with Crippen molar-refractivity contribution in [1.29, 1.82) is 0 Å². The van der Waals surface area contributed by atoms with Crippen LogP contribution in [0.2, 0.25) is 0 Å². The maximum absolute atomic E-state index is 12.1. The summed E-state index contributed by atoms with van der Waals surface area (Å²) in [4.78, 5) is 25.2. The molecular weight excluding hydrogens is 350 g/mol. The van der Waals surface area contributed by atoms with E-state index in [1.54, 1.807) is 0 Å². The summed E-state index contributed by atoms with van der Waals surface area (Å²) in [6, 6.07) is 8.20. The molecule has 1 unspecified atom stereocenters. The molecule has 4 heterocycles. The molecule has 1 fully saturated rings. The van der Waals surface area contributed by atoms with Crippen molar-refractivity contribution in [2.24, 2.45) is 5.73 Å². The molecule has 6 nitrogen and oxygen atoms in total. The van der Waals surface area contributed by atoms with Gasteiger partial charge in [0, 0.05) is 28.9 Å². The number of amides is 1. The zero-order chi connectivity index (χ0) is 19.4. The summed E-state index contributed by atoms with van der Waals surface area (Å²) < 4.78 is 0. The van der Waals surface area contributed by atoms with Crippen molar-refractivity contribution >= 4 is 22.8 Å². The Kier molecular flexibility index (Phi) is 3.75. The van der Waals surface area contributed by atoms with Crippen molar-refractivity contribution in [2.45, 2.75) is 45.1 Å². The molecule has 1 aliphatic carbocycles. The molecular formula is C22H23N5O. The fourth-order valence-corrected chi connectivity index (χ4v) is 4.22. The highest BCUT2D eigenvalue weighted by Crippen LogP contribution is 2.36. The van der Waals surface area contributed by atoms with Crippen LogP contribution in [0.4, 0.5) is 5.82 Å². The highest BCUT2D eigenvalue weighted by Gasteiger charge is 2.26. The van der Waals surface area contributed by atoms with Crippen LogP contribution in [0.25, 0.3) is 22.3 Å². The number of hydrogen-bond donors (Lipinski definition) is 3.